The zero-order valence-electron chi connectivity index (χ0n) is 8.37. The van der Waals surface area contributed by atoms with E-state index < -0.39 is 0 Å². The minimum atomic E-state index is 0.491. The third kappa shape index (κ3) is 1.94. The van der Waals surface area contributed by atoms with Crippen LogP contribution in [0.5, 0.6) is 0 Å². The summed E-state index contributed by atoms with van der Waals surface area (Å²) in [5, 5.41) is 1.89. The molecule has 12 heavy (non-hydrogen) atoms. The minimum absolute atomic E-state index is 0.491. The van der Waals surface area contributed by atoms with Gasteiger partial charge in [0.05, 0.1) is 6.04 Å². The zero-order valence-corrected chi connectivity index (χ0v) is 9.19. The summed E-state index contributed by atoms with van der Waals surface area (Å²) >= 11 is 1.91. The van der Waals surface area contributed by atoms with Gasteiger partial charge in [-0.3, -0.25) is 4.99 Å². The Balaban J connectivity index is 2.58. The van der Waals surface area contributed by atoms with Crippen LogP contribution in [-0.2, 0) is 0 Å². The Morgan fingerprint density at radius 3 is 2.25 bits per heavy atom. The first kappa shape index (κ1) is 9.90. The molecule has 0 unspecified atom stereocenters. The third-order valence-corrected chi connectivity index (χ3v) is 3.66. The van der Waals surface area contributed by atoms with E-state index in [9.17, 15) is 0 Å². The Hall–Kier alpha value is -0.180. The molecular weight excluding hydrogens is 168 g/mol. The number of hydrogen-bond acceptors (Lipinski definition) is 3. The Kier molecular flexibility index (Phi) is 3.44. The summed E-state index contributed by atoms with van der Waals surface area (Å²) in [6, 6.07) is 0.491. The summed E-state index contributed by atoms with van der Waals surface area (Å²) in [5.74, 6) is 0. The van der Waals surface area contributed by atoms with Crippen LogP contribution in [0.1, 0.15) is 27.7 Å². The summed E-state index contributed by atoms with van der Waals surface area (Å²) < 4.78 is 0. The van der Waals surface area contributed by atoms with Gasteiger partial charge in [-0.25, -0.2) is 0 Å². The van der Waals surface area contributed by atoms with Gasteiger partial charge in [-0.1, -0.05) is 18.7 Å². The first-order valence-electron chi connectivity index (χ1n) is 4.68. The van der Waals surface area contributed by atoms with Crippen LogP contribution in [-0.4, -0.2) is 34.4 Å². The van der Waals surface area contributed by atoms with Gasteiger partial charge in [0.25, 0.3) is 0 Å². The lowest BCUT2D eigenvalue weighted by Crippen LogP contribution is -2.27. The van der Waals surface area contributed by atoms with Crippen LogP contribution in [0.4, 0.5) is 0 Å². The van der Waals surface area contributed by atoms with Crippen LogP contribution < -0.4 is 0 Å². The fourth-order valence-corrected chi connectivity index (χ4v) is 2.45. The molecule has 0 saturated carbocycles. The molecule has 0 aromatic rings. The molecule has 0 spiro atoms. The van der Waals surface area contributed by atoms with Crippen molar-refractivity contribution in [3.05, 3.63) is 0 Å². The average molecular weight is 186 g/mol. The fourth-order valence-electron chi connectivity index (χ4n) is 1.22. The predicted molar refractivity (Wildman–Crippen MR) is 56.9 cm³/mol. The maximum absolute atomic E-state index is 4.62. The number of aliphatic imine (C=N–C) groups is 1. The van der Waals surface area contributed by atoms with Crippen LogP contribution in [0.25, 0.3) is 0 Å². The SMILES string of the molecule is CCN(CC)C1=N[C@H](C)[C@H](C)S1. The lowest BCUT2D eigenvalue weighted by atomic mass is 10.3. The molecule has 1 aliphatic rings. The van der Waals surface area contributed by atoms with Crippen molar-refractivity contribution < 1.29 is 0 Å². The molecule has 0 amide bonds. The third-order valence-electron chi connectivity index (χ3n) is 2.32. The first-order chi connectivity index (χ1) is 5.69. The van der Waals surface area contributed by atoms with Crippen molar-refractivity contribution >= 4 is 16.9 Å². The van der Waals surface area contributed by atoms with E-state index in [-0.39, 0.29) is 0 Å². The molecule has 2 atom stereocenters. The molecule has 0 radical (unpaired) electrons. The van der Waals surface area contributed by atoms with E-state index in [2.05, 4.69) is 37.6 Å². The molecule has 1 rings (SSSR count). The highest BCUT2D eigenvalue weighted by atomic mass is 32.2. The molecule has 0 bridgehead atoms. The molecular formula is C9H18N2S. The van der Waals surface area contributed by atoms with Crippen LogP contribution in [0.3, 0.4) is 0 Å². The van der Waals surface area contributed by atoms with Crippen molar-refractivity contribution in [1.29, 1.82) is 0 Å². The Labute approximate surface area is 79.4 Å². The van der Waals surface area contributed by atoms with Gasteiger partial charge in [-0.2, -0.15) is 0 Å². The lowest BCUT2D eigenvalue weighted by molar-refractivity contribution is 0.473. The number of amidine groups is 1. The van der Waals surface area contributed by atoms with E-state index in [1.54, 1.807) is 0 Å². The maximum atomic E-state index is 4.62. The highest BCUT2D eigenvalue weighted by Crippen LogP contribution is 2.27. The molecule has 0 N–H and O–H groups in total. The molecule has 1 aliphatic heterocycles. The molecule has 0 fully saturated rings. The highest BCUT2D eigenvalue weighted by molar-refractivity contribution is 8.14. The zero-order chi connectivity index (χ0) is 9.14. The molecule has 70 valence electrons. The van der Waals surface area contributed by atoms with Crippen LogP contribution in [0.2, 0.25) is 0 Å². The number of hydrogen-bond donors (Lipinski definition) is 0. The van der Waals surface area contributed by atoms with E-state index in [0.717, 1.165) is 13.1 Å². The molecule has 0 aromatic carbocycles. The lowest BCUT2D eigenvalue weighted by Gasteiger charge is -2.19. The van der Waals surface area contributed by atoms with Gasteiger partial charge in [-0.15, -0.1) is 0 Å². The molecule has 3 heteroatoms. The van der Waals surface area contributed by atoms with E-state index in [1.165, 1.54) is 5.17 Å². The molecule has 2 nitrogen and oxygen atoms in total. The van der Waals surface area contributed by atoms with Gasteiger partial charge in [0.1, 0.15) is 0 Å². The topological polar surface area (TPSA) is 15.6 Å². The van der Waals surface area contributed by atoms with E-state index >= 15 is 0 Å². The molecule has 1 heterocycles. The Bertz CT molecular complexity index is 175. The summed E-state index contributed by atoms with van der Waals surface area (Å²) in [4.78, 5) is 6.94. The van der Waals surface area contributed by atoms with Crippen LogP contribution in [0, 0.1) is 0 Å². The van der Waals surface area contributed by atoms with Gasteiger partial charge < -0.3 is 4.90 Å². The Morgan fingerprint density at radius 1 is 1.33 bits per heavy atom. The molecule has 0 aliphatic carbocycles. The number of rotatable bonds is 2. The second-order valence-electron chi connectivity index (χ2n) is 3.15. The largest absolute Gasteiger partial charge is 0.352 e. The van der Waals surface area contributed by atoms with Crippen LogP contribution >= 0.6 is 11.8 Å². The van der Waals surface area contributed by atoms with Crippen molar-refractivity contribution in [2.45, 2.75) is 39.0 Å². The van der Waals surface area contributed by atoms with Crippen molar-refractivity contribution in [3.8, 4) is 0 Å². The normalized spacial score (nSPS) is 28.8. The summed E-state index contributed by atoms with van der Waals surface area (Å²) in [6.07, 6.45) is 0. The monoisotopic (exact) mass is 186 g/mol. The van der Waals surface area contributed by atoms with E-state index in [0.29, 0.717) is 11.3 Å². The van der Waals surface area contributed by atoms with Crippen molar-refractivity contribution in [2.75, 3.05) is 13.1 Å². The van der Waals surface area contributed by atoms with Crippen molar-refractivity contribution in [2.24, 2.45) is 4.99 Å². The van der Waals surface area contributed by atoms with Gasteiger partial charge in [-0.05, 0) is 20.8 Å². The maximum Gasteiger partial charge on any atom is 0.159 e. The van der Waals surface area contributed by atoms with Gasteiger partial charge in [0.15, 0.2) is 5.17 Å². The van der Waals surface area contributed by atoms with Crippen molar-refractivity contribution in [1.82, 2.24) is 4.90 Å². The van der Waals surface area contributed by atoms with E-state index in [4.69, 9.17) is 0 Å². The first-order valence-corrected chi connectivity index (χ1v) is 5.56. The predicted octanol–water partition coefficient (Wildman–Crippen LogP) is 2.21. The summed E-state index contributed by atoms with van der Waals surface area (Å²) in [6.45, 7) is 10.9. The van der Waals surface area contributed by atoms with Gasteiger partial charge in [0, 0.05) is 18.3 Å². The summed E-state index contributed by atoms with van der Waals surface area (Å²) in [7, 11) is 0. The second kappa shape index (κ2) is 4.17. The Morgan fingerprint density at radius 2 is 1.92 bits per heavy atom. The quantitative estimate of drug-likeness (QED) is 0.657. The smallest absolute Gasteiger partial charge is 0.159 e. The van der Waals surface area contributed by atoms with E-state index in [1.807, 2.05) is 11.8 Å². The van der Waals surface area contributed by atoms with Gasteiger partial charge >= 0.3 is 0 Å². The number of nitrogens with zero attached hydrogens (tertiary/aromatic N) is 2. The molecule has 0 saturated heterocycles. The molecule has 0 aromatic heterocycles. The van der Waals surface area contributed by atoms with Gasteiger partial charge in [0.2, 0.25) is 0 Å². The summed E-state index contributed by atoms with van der Waals surface area (Å²) in [5.41, 5.74) is 0. The van der Waals surface area contributed by atoms with Crippen LogP contribution in [0.15, 0.2) is 4.99 Å². The standard InChI is InChI=1S/C9H18N2S/c1-5-11(6-2)9-10-7(3)8(4)12-9/h7-8H,5-6H2,1-4H3/t7-,8+/m1/s1. The van der Waals surface area contributed by atoms with Crippen molar-refractivity contribution in [3.63, 3.8) is 0 Å². The highest BCUT2D eigenvalue weighted by Gasteiger charge is 2.24. The fraction of sp³-hybridized carbons (Fsp3) is 0.889. The second-order valence-corrected chi connectivity index (χ2v) is 4.49. The minimum Gasteiger partial charge on any atom is -0.352 e. The number of thioether (sulfide) groups is 1. The average Bonchev–Trinajstić information content (AvgIpc) is 2.35.